The van der Waals surface area contributed by atoms with Crippen LogP contribution in [-0.2, 0) is 0 Å². The number of carbonyl (C=O) groups excluding carboxylic acids is 1. The molecule has 1 amide bonds. The van der Waals surface area contributed by atoms with Gasteiger partial charge in [0.2, 0.25) is 0 Å². The second-order valence-electron chi connectivity index (χ2n) is 6.22. The van der Waals surface area contributed by atoms with Gasteiger partial charge in [-0.15, -0.1) is 0 Å². The van der Waals surface area contributed by atoms with Crippen molar-refractivity contribution in [2.75, 3.05) is 5.32 Å². The maximum absolute atomic E-state index is 12.7. The highest BCUT2D eigenvalue weighted by Crippen LogP contribution is 2.30. The summed E-state index contributed by atoms with van der Waals surface area (Å²) >= 11 is 1.35. The zero-order chi connectivity index (χ0) is 21.8. The van der Waals surface area contributed by atoms with Crippen LogP contribution < -0.4 is 5.32 Å². The van der Waals surface area contributed by atoms with E-state index >= 15 is 0 Å². The van der Waals surface area contributed by atoms with Gasteiger partial charge in [-0.2, -0.15) is 0 Å². The predicted molar refractivity (Wildman–Crippen MR) is 110 cm³/mol. The summed E-state index contributed by atoms with van der Waals surface area (Å²) in [5, 5.41) is 25.6. The molecule has 10 nitrogen and oxygen atoms in total. The molecule has 0 spiro atoms. The van der Waals surface area contributed by atoms with Gasteiger partial charge in [0.25, 0.3) is 17.3 Å². The van der Waals surface area contributed by atoms with Crippen molar-refractivity contribution in [3.05, 3.63) is 85.7 Å². The van der Waals surface area contributed by atoms with Crippen molar-refractivity contribution < 1.29 is 14.6 Å². The fourth-order valence-electron chi connectivity index (χ4n) is 2.69. The maximum Gasteiger partial charge on any atom is 0.279 e. The molecule has 11 heteroatoms. The van der Waals surface area contributed by atoms with Crippen LogP contribution in [0.3, 0.4) is 0 Å². The van der Waals surface area contributed by atoms with E-state index in [0.717, 1.165) is 22.6 Å². The lowest BCUT2D eigenvalue weighted by Gasteiger charge is -2.11. The van der Waals surface area contributed by atoms with Crippen LogP contribution in [-0.4, -0.2) is 25.7 Å². The van der Waals surface area contributed by atoms with E-state index in [2.05, 4.69) is 15.3 Å². The Kier molecular flexibility index (Phi) is 6.02. The van der Waals surface area contributed by atoms with Crippen molar-refractivity contribution >= 4 is 34.7 Å². The lowest BCUT2D eigenvalue weighted by Crippen LogP contribution is -2.15. The smallest absolute Gasteiger partial charge is 0.279 e. The van der Waals surface area contributed by atoms with Crippen LogP contribution in [0.1, 0.15) is 21.5 Å². The van der Waals surface area contributed by atoms with E-state index in [9.17, 15) is 25.0 Å². The predicted octanol–water partition coefficient (Wildman–Crippen LogP) is 4.31. The minimum Gasteiger partial charge on any atom is -0.322 e. The molecule has 0 atom stereocenters. The Morgan fingerprint density at radius 1 is 1.03 bits per heavy atom. The number of hydrogen-bond donors (Lipinski definition) is 1. The monoisotopic (exact) mass is 425 g/mol. The normalized spacial score (nSPS) is 10.5. The third kappa shape index (κ3) is 4.58. The molecular weight excluding hydrogens is 410 g/mol. The van der Waals surface area contributed by atoms with Gasteiger partial charge in [-0.1, -0.05) is 0 Å². The van der Waals surface area contributed by atoms with Crippen molar-refractivity contribution in [1.29, 1.82) is 0 Å². The van der Waals surface area contributed by atoms with Crippen LogP contribution in [0.5, 0.6) is 0 Å². The molecule has 0 radical (unpaired) electrons. The molecule has 0 aliphatic heterocycles. The van der Waals surface area contributed by atoms with Gasteiger partial charge in [-0.05, 0) is 55.4 Å². The molecule has 3 rings (SSSR count). The van der Waals surface area contributed by atoms with Crippen molar-refractivity contribution in [1.82, 2.24) is 9.97 Å². The fraction of sp³-hybridized carbons (Fsp3) is 0.105. The van der Waals surface area contributed by atoms with Gasteiger partial charge in [0, 0.05) is 34.6 Å². The number of nitrogens with one attached hydrogen (secondary N) is 1. The highest BCUT2D eigenvalue weighted by molar-refractivity contribution is 7.99. The Morgan fingerprint density at radius 2 is 1.73 bits per heavy atom. The highest BCUT2D eigenvalue weighted by Gasteiger charge is 2.25. The number of rotatable bonds is 6. The standard InChI is InChI=1S/C19H15N5O5S/c1-11-8-14(30-19-20-6-3-7-21-19)4-5-16(11)22-18(25)15-9-13(23(26)27)10-17(12(15)2)24(28)29/h3-10H,1-2H3,(H,22,25). The molecule has 0 unspecified atom stereocenters. The minimum atomic E-state index is -0.772. The lowest BCUT2D eigenvalue weighted by molar-refractivity contribution is -0.394. The molecular formula is C19H15N5O5S. The molecule has 1 heterocycles. The number of carbonyl (C=O) groups is 1. The van der Waals surface area contributed by atoms with Crippen molar-refractivity contribution in [2.24, 2.45) is 0 Å². The number of non-ortho nitro benzene ring substituents is 1. The largest absolute Gasteiger partial charge is 0.322 e. The third-order valence-electron chi connectivity index (χ3n) is 4.21. The number of benzene rings is 2. The van der Waals surface area contributed by atoms with Crippen LogP contribution in [0.25, 0.3) is 0 Å². The SMILES string of the molecule is Cc1cc(Sc2ncccn2)ccc1NC(=O)c1cc([N+](=O)[O-])cc([N+](=O)[O-])c1C. The fourth-order valence-corrected chi connectivity index (χ4v) is 3.50. The molecule has 0 bridgehead atoms. The molecule has 3 aromatic rings. The van der Waals surface area contributed by atoms with Crippen LogP contribution in [0.4, 0.5) is 17.1 Å². The number of aryl methyl sites for hydroxylation is 1. The Morgan fingerprint density at radius 3 is 2.33 bits per heavy atom. The Hall–Kier alpha value is -3.86. The number of nitro groups is 2. The van der Waals surface area contributed by atoms with Crippen LogP contribution in [0.2, 0.25) is 0 Å². The molecule has 1 N–H and O–H groups in total. The summed E-state index contributed by atoms with van der Waals surface area (Å²) in [6.45, 7) is 3.16. The van der Waals surface area contributed by atoms with Gasteiger partial charge < -0.3 is 5.32 Å². The van der Waals surface area contributed by atoms with Crippen molar-refractivity contribution in [2.45, 2.75) is 23.9 Å². The topological polar surface area (TPSA) is 141 Å². The molecule has 0 saturated carbocycles. The zero-order valence-corrected chi connectivity index (χ0v) is 16.7. The quantitative estimate of drug-likeness (QED) is 0.350. The summed E-state index contributed by atoms with van der Waals surface area (Å²) in [4.78, 5) is 42.7. The maximum atomic E-state index is 12.7. The van der Waals surface area contributed by atoms with E-state index in [1.807, 2.05) is 6.07 Å². The summed E-state index contributed by atoms with van der Waals surface area (Å²) in [5.41, 5.74) is 0.124. The number of aromatic nitrogens is 2. The first-order valence-corrected chi connectivity index (χ1v) is 9.38. The second-order valence-corrected chi connectivity index (χ2v) is 7.26. The first-order valence-electron chi connectivity index (χ1n) is 8.56. The molecule has 152 valence electrons. The van der Waals surface area contributed by atoms with E-state index in [4.69, 9.17) is 0 Å². The van der Waals surface area contributed by atoms with Crippen molar-refractivity contribution in [3.8, 4) is 0 Å². The molecule has 1 aromatic heterocycles. The van der Waals surface area contributed by atoms with Crippen LogP contribution >= 0.6 is 11.8 Å². The summed E-state index contributed by atoms with van der Waals surface area (Å²) in [7, 11) is 0. The average molecular weight is 425 g/mol. The summed E-state index contributed by atoms with van der Waals surface area (Å²) in [6.07, 6.45) is 3.27. The Bertz CT molecular complexity index is 1150. The van der Waals surface area contributed by atoms with E-state index in [1.54, 1.807) is 37.5 Å². The molecule has 2 aromatic carbocycles. The molecule has 0 fully saturated rings. The van der Waals surface area contributed by atoms with Crippen LogP contribution in [0, 0.1) is 34.1 Å². The molecule has 0 aliphatic carbocycles. The Labute approximate surface area is 174 Å². The molecule has 0 saturated heterocycles. The zero-order valence-electron chi connectivity index (χ0n) is 15.9. The van der Waals surface area contributed by atoms with Crippen molar-refractivity contribution in [3.63, 3.8) is 0 Å². The molecule has 0 aliphatic rings. The summed E-state index contributed by atoms with van der Waals surface area (Å²) < 4.78 is 0. The highest BCUT2D eigenvalue weighted by atomic mass is 32.2. The Balaban J connectivity index is 1.87. The van der Waals surface area contributed by atoms with Gasteiger partial charge in [-0.3, -0.25) is 25.0 Å². The van der Waals surface area contributed by atoms with E-state index in [1.165, 1.54) is 18.7 Å². The number of nitro benzene ring substituents is 2. The number of anilines is 1. The van der Waals surface area contributed by atoms with Gasteiger partial charge in [0.15, 0.2) is 5.16 Å². The minimum absolute atomic E-state index is 0.0501. The van der Waals surface area contributed by atoms with Gasteiger partial charge >= 0.3 is 0 Å². The van der Waals surface area contributed by atoms with Gasteiger partial charge in [0.1, 0.15) is 0 Å². The van der Waals surface area contributed by atoms with E-state index in [-0.39, 0.29) is 11.1 Å². The summed E-state index contributed by atoms with van der Waals surface area (Å²) in [5.74, 6) is -0.672. The van der Waals surface area contributed by atoms with E-state index in [0.29, 0.717) is 10.8 Å². The second kappa shape index (κ2) is 8.66. The van der Waals surface area contributed by atoms with Crippen LogP contribution in [0.15, 0.2) is 58.8 Å². The number of hydrogen-bond acceptors (Lipinski definition) is 8. The molecule has 30 heavy (non-hydrogen) atoms. The van der Waals surface area contributed by atoms with Gasteiger partial charge in [-0.25, -0.2) is 9.97 Å². The first-order chi connectivity index (χ1) is 14.3. The summed E-state index contributed by atoms with van der Waals surface area (Å²) in [6, 6.07) is 8.87. The van der Waals surface area contributed by atoms with Gasteiger partial charge in [0.05, 0.1) is 21.5 Å². The number of nitrogens with zero attached hydrogens (tertiary/aromatic N) is 4. The first kappa shape index (κ1) is 20.9. The number of amides is 1. The van der Waals surface area contributed by atoms with E-state index < -0.39 is 27.1 Å². The third-order valence-corrected chi connectivity index (χ3v) is 5.10. The average Bonchev–Trinajstić information content (AvgIpc) is 2.70. The lowest BCUT2D eigenvalue weighted by atomic mass is 10.0.